The standard InChI is InChI=1S/C25H23N3.C22H22.C20H20N2.C19H19N3.C18H18N2/c1-25(2,3)21-16-10-15-20(17-21)24-27-22(18-11-6-4-7-12-18)26-23(28-24)19-13-8-5-9-14-19;1-22(2,3)21-15-19(17-10-6-4-7-11-17)14-20(16-21)18-12-8-5-9-13-18;1-20(2,3)19-21-17(15-10-6-4-7-11-15)14-18(22-19)16-12-8-5-9-13-16;1-19(2,3)18-21-16(14-10-6-4-7-11-14)20-17(22-18)15-12-8-5-9-13-15;1-18(2,3)17-19-15-12-8-7-11-14(15)16(20-17)13-9-5-4-6-10-13/h4-17H,1-3H3;4-16H,1-3H3;4-14H,1-3H3;4-13H,1-3H3;4-12H,1-3H3. The van der Waals surface area contributed by atoms with Crippen LogP contribution in [0, 0.1) is 0 Å². The van der Waals surface area contributed by atoms with Crippen molar-refractivity contribution in [3.05, 3.63) is 374 Å². The molecule has 0 bridgehead atoms. The molecular weight excluding hydrogens is 1390 g/mol. The van der Waals surface area contributed by atoms with E-state index in [1.54, 1.807) is 0 Å². The topological polar surface area (TPSA) is 129 Å². The van der Waals surface area contributed by atoms with E-state index in [0.717, 1.165) is 102 Å². The van der Waals surface area contributed by atoms with Crippen molar-refractivity contribution in [3.63, 3.8) is 0 Å². The van der Waals surface area contributed by atoms with Gasteiger partial charge in [-0.3, -0.25) is 0 Å². The maximum absolute atomic E-state index is 4.83. The number of rotatable bonds is 10. The maximum Gasteiger partial charge on any atom is 0.164 e. The van der Waals surface area contributed by atoms with Crippen LogP contribution in [0.5, 0.6) is 0 Å². The van der Waals surface area contributed by atoms with Gasteiger partial charge in [0.1, 0.15) is 17.5 Å². The Morgan fingerprint density at radius 1 is 0.167 bits per heavy atom. The summed E-state index contributed by atoms with van der Waals surface area (Å²) in [5, 5.41) is 1.10. The van der Waals surface area contributed by atoms with Gasteiger partial charge in [-0.25, -0.2) is 49.8 Å². The van der Waals surface area contributed by atoms with E-state index in [9.17, 15) is 0 Å². The highest BCUT2D eigenvalue weighted by molar-refractivity contribution is 5.92. The lowest BCUT2D eigenvalue weighted by Gasteiger charge is -2.21. The molecule has 0 atom stereocenters. The van der Waals surface area contributed by atoms with E-state index in [1.807, 2.05) is 188 Å². The molecule has 10 nitrogen and oxygen atoms in total. The fourth-order valence-corrected chi connectivity index (χ4v) is 12.4. The van der Waals surface area contributed by atoms with Crippen LogP contribution in [0.2, 0.25) is 0 Å². The smallest absolute Gasteiger partial charge is 0.164 e. The lowest BCUT2D eigenvalue weighted by atomic mass is 9.83. The molecule has 16 aromatic rings. The molecule has 10 heteroatoms. The average molecular weight is 1490 g/mol. The molecule has 0 aliphatic carbocycles. The Labute approximate surface area is 674 Å². The molecule has 0 saturated carbocycles. The van der Waals surface area contributed by atoms with Crippen LogP contribution in [-0.2, 0) is 27.1 Å². The highest BCUT2D eigenvalue weighted by Crippen LogP contribution is 2.36. The van der Waals surface area contributed by atoms with E-state index in [2.05, 4.69) is 277 Å². The van der Waals surface area contributed by atoms with Crippen molar-refractivity contribution < 1.29 is 0 Å². The van der Waals surface area contributed by atoms with Gasteiger partial charge in [-0.1, -0.05) is 425 Å². The summed E-state index contributed by atoms with van der Waals surface area (Å²) in [5.74, 6) is 6.07. The largest absolute Gasteiger partial charge is 0.232 e. The SMILES string of the molecule is CC(C)(C)c1cc(-c2ccccc2)cc(-c2ccccc2)c1.CC(C)(C)c1cccc(-c2nc(-c3ccccc3)nc(-c3ccccc3)n2)c1.CC(C)(C)c1nc(-c2ccccc2)c2ccccc2n1.CC(C)(C)c1nc(-c2ccccc2)cc(-c2ccccc2)n1.CC(C)(C)c1nc(-c2ccccc2)nc(-c2ccccc2)n1. The second kappa shape index (κ2) is 36.1. The minimum absolute atomic E-state index is 0.0619. The summed E-state index contributed by atoms with van der Waals surface area (Å²) in [6.45, 7) is 32.7. The van der Waals surface area contributed by atoms with Crippen molar-refractivity contribution in [2.75, 3.05) is 0 Å². The van der Waals surface area contributed by atoms with Crippen LogP contribution in [-0.4, -0.2) is 49.8 Å². The van der Waals surface area contributed by atoms with Gasteiger partial charge in [0.2, 0.25) is 0 Å². The van der Waals surface area contributed by atoms with Gasteiger partial charge in [-0.15, -0.1) is 0 Å². The summed E-state index contributed by atoms with van der Waals surface area (Å²) in [6, 6.07) is 118. The van der Waals surface area contributed by atoms with Gasteiger partial charge >= 0.3 is 0 Å². The number of nitrogens with zero attached hydrogens (tertiary/aromatic N) is 10. The predicted molar refractivity (Wildman–Crippen MR) is 476 cm³/mol. The molecule has 0 unspecified atom stereocenters. The molecule has 0 saturated heterocycles. The molecule has 0 amide bonds. The van der Waals surface area contributed by atoms with Gasteiger partial charge in [0.25, 0.3) is 0 Å². The summed E-state index contributed by atoms with van der Waals surface area (Å²) in [4.78, 5) is 47.5. The fraction of sp³-hybridized carbons (Fsp3) is 0.192. The molecule has 16 rings (SSSR count). The average Bonchev–Trinajstić information content (AvgIpc) is 0.700. The molecule has 0 N–H and O–H groups in total. The lowest BCUT2D eigenvalue weighted by molar-refractivity contribution is 0.543. The maximum atomic E-state index is 4.83. The van der Waals surface area contributed by atoms with E-state index < -0.39 is 0 Å². The van der Waals surface area contributed by atoms with Crippen molar-refractivity contribution in [2.24, 2.45) is 0 Å². The number of para-hydroxylation sites is 1. The Kier molecular flexibility index (Phi) is 25.5. The quantitative estimate of drug-likeness (QED) is 0.130. The second-order valence-corrected chi connectivity index (χ2v) is 33.4. The lowest BCUT2D eigenvalue weighted by Crippen LogP contribution is -2.18. The molecule has 0 fully saturated rings. The first-order chi connectivity index (χ1) is 54.7. The highest BCUT2D eigenvalue weighted by atomic mass is 15.0. The third-order valence-corrected chi connectivity index (χ3v) is 18.9. The number of fused-ring (bicyclic) bond motifs is 1. The summed E-state index contributed by atoms with van der Waals surface area (Å²) >= 11 is 0. The van der Waals surface area contributed by atoms with Gasteiger partial charge in [0.15, 0.2) is 29.1 Å². The summed E-state index contributed by atoms with van der Waals surface area (Å²) in [5.41, 5.74) is 20.0. The molecule has 4 heterocycles. The Balaban J connectivity index is 0.000000132. The van der Waals surface area contributed by atoms with Crippen LogP contribution in [0.25, 0.3) is 124 Å². The van der Waals surface area contributed by atoms with E-state index in [4.69, 9.17) is 34.9 Å². The Hall–Kier alpha value is -12.9. The third kappa shape index (κ3) is 21.6. The zero-order chi connectivity index (χ0) is 80.5. The van der Waals surface area contributed by atoms with Gasteiger partial charge in [-0.05, 0) is 68.5 Å². The molecule has 0 spiro atoms. The molecule has 114 heavy (non-hydrogen) atoms. The first kappa shape index (κ1) is 80.6. The Morgan fingerprint density at radius 3 is 0.789 bits per heavy atom. The minimum Gasteiger partial charge on any atom is -0.232 e. The number of hydrogen-bond donors (Lipinski definition) is 0. The second-order valence-electron chi connectivity index (χ2n) is 33.4. The summed E-state index contributed by atoms with van der Waals surface area (Å²) < 4.78 is 0. The van der Waals surface area contributed by atoms with E-state index in [1.165, 1.54) is 33.4 Å². The van der Waals surface area contributed by atoms with E-state index >= 15 is 0 Å². The monoisotopic (exact) mass is 1490 g/mol. The van der Waals surface area contributed by atoms with E-state index in [0.29, 0.717) is 17.5 Å². The first-order valence-electron chi connectivity index (χ1n) is 39.1. The molecule has 0 aliphatic heterocycles. The van der Waals surface area contributed by atoms with Crippen LogP contribution < -0.4 is 0 Å². The normalized spacial score (nSPS) is 11.5. The van der Waals surface area contributed by atoms with Crippen LogP contribution in [0.1, 0.15) is 132 Å². The number of benzene rings is 12. The number of aromatic nitrogens is 10. The molecule has 4 aromatic heterocycles. The number of hydrogen-bond acceptors (Lipinski definition) is 10. The zero-order valence-electron chi connectivity index (χ0n) is 68.4. The first-order valence-corrected chi connectivity index (χ1v) is 39.1. The van der Waals surface area contributed by atoms with Crippen molar-refractivity contribution >= 4 is 10.9 Å². The molecule has 0 radical (unpaired) electrons. The highest BCUT2D eigenvalue weighted by Gasteiger charge is 2.25. The summed E-state index contributed by atoms with van der Waals surface area (Å²) in [6.07, 6.45) is 0. The van der Waals surface area contributed by atoms with Crippen molar-refractivity contribution in [2.45, 2.75) is 131 Å². The van der Waals surface area contributed by atoms with Gasteiger partial charge in [0.05, 0.1) is 22.6 Å². The molecule has 568 valence electrons. The Morgan fingerprint density at radius 2 is 0.439 bits per heavy atom. The van der Waals surface area contributed by atoms with E-state index in [-0.39, 0.29) is 27.1 Å². The fourth-order valence-electron chi connectivity index (χ4n) is 12.4. The van der Waals surface area contributed by atoms with Crippen molar-refractivity contribution in [1.82, 2.24) is 49.8 Å². The van der Waals surface area contributed by atoms with Crippen LogP contribution in [0.3, 0.4) is 0 Å². The van der Waals surface area contributed by atoms with Crippen LogP contribution >= 0.6 is 0 Å². The predicted octanol–water partition coefficient (Wildman–Crippen LogP) is 26.7. The Bertz CT molecular complexity index is 5200. The van der Waals surface area contributed by atoms with Crippen LogP contribution in [0.4, 0.5) is 0 Å². The van der Waals surface area contributed by atoms with Crippen LogP contribution in [0.15, 0.2) is 346 Å². The van der Waals surface area contributed by atoms with Gasteiger partial charge < -0.3 is 0 Å². The third-order valence-electron chi connectivity index (χ3n) is 18.9. The molecule has 12 aromatic carbocycles. The molecular formula is C104H102N10. The van der Waals surface area contributed by atoms with Gasteiger partial charge in [-0.2, -0.15) is 0 Å². The van der Waals surface area contributed by atoms with Gasteiger partial charge in [0, 0.05) is 66.1 Å². The molecule has 0 aliphatic rings. The minimum atomic E-state index is -0.129. The summed E-state index contributed by atoms with van der Waals surface area (Å²) in [7, 11) is 0. The van der Waals surface area contributed by atoms with Crippen molar-refractivity contribution in [1.29, 1.82) is 0 Å². The zero-order valence-corrected chi connectivity index (χ0v) is 68.4. The van der Waals surface area contributed by atoms with Crippen molar-refractivity contribution in [3.8, 4) is 113 Å².